The van der Waals surface area contributed by atoms with Crippen molar-refractivity contribution in [1.82, 2.24) is 0 Å². The first-order valence-electron chi connectivity index (χ1n) is 7.30. The van der Waals surface area contributed by atoms with Crippen LogP contribution in [0, 0.1) is 11.7 Å². The summed E-state index contributed by atoms with van der Waals surface area (Å²) in [4.78, 5) is 0.708. The molecule has 1 aromatic carbocycles. The van der Waals surface area contributed by atoms with E-state index in [1.54, 1.807) is 6.07 Å². The summed E-state index contributed by atoms with van der Waals surface area (Å²) < 4.78 is 13.5. The average molecular weight is 283 g/mol. The van der Waals surface area contributed by atoms with Crippen LogP contribution in [0.5, 0.6) is 0 Å². The fourth-order valence-corrected chi connectivity index (χ4v) is 3.15. The van der Waals surface area contributed by atoms with Gasteiger partial charge in [0.1, 0.15) is 5.82 Å². The van der Waals surface area contributed by atoms with Crippen LogP contribution in [0.1, 0.15) is 46.0 Å². The van der Waals surface area contributed by atoms with Crippen LogP contribution >= 0.6 is 11.8 Å². The Kier molecular flexibility index (Phi) is 8.15. The molecule has 3 heteroatoms. The Hall–Kier alpha value is -0.540. The first-order valence-corrected chi connectivity index (χ1v) is 8.28. The number of nitrogens with two attached hydrogens (primary N) is 1. The van der Waals surface area contributed by atoms with Crippen molar-refractivity contribution in [3.63, 3.8) is 0 Å². The molecule has 0 aliphatic heterocycles. The molecule has 0 aliphatic rings. The molecule has 2 N–H and O–H groups in total. The van der Waals surface area contributed by atoms with E-state index in [4.69, 9.17) is 5.73 Å². The van der Waals surface area contributed by atoms with E-state index in [-0.39, 0.29) is 11.9 Å². The minimum atomic E-state index is -0.141. The van der Waals surface area contributed by atoms with Gasteiger partial charge < -0.3 is 5.73 Å². The van der Waals surface area contributed by atoms with Crippen LogP contribution in [-0.4, -0.2) is 11.8 Å². The summed E-state index contributed by atoms with van der Waals surface area (Å²) in [6, 6.07) is 7.07. The van der Waals surface area contributed by atoms with Gasteiger partial charge in [0.15, 0.2) is 0 Å². The third-order valence-electron chi connectivity index (χ3n) is 3.47. The maximum Gasteiger partial charge on any atom is 0.136 e. The van der Waals surface area contributed by atoms with Gasteiger partial charge in [-0.1, -0.05) is 51.7 Å². The molecule has 1 nitrogen and oxygen atoms in total. The van der Waals surface area contributed by atoms with Gasteiger partial charge in [0.2, 0.25) is 0 Å². The number of benzene rings is 1. The van der Waals surface area contributed by atoms with Crippen LogP contribution in [0.2, 0.25) is 0 Å². The fraction of sp³-hybridized carbons (Fsp3) is 0.625. The highest BCUT2D eigenvalue weighted by atomic mass is 32.2. The second kappa shape index (κ2) is 9.38. The van der Waals surface area contributed by atoms with Gasteiger partial charge in [-0.05, 0) is 24.5 Å². The zero-order chi connectivity index (χ0) is 14.1. The SMILES string of the molecule is CCCCC(CC)CC(N)CSc1ccccc1F. The Balaban J connectivity index is 2.34. The van der Waals surface area contributed by atoms with E-state index in [2.05, 4.69) is 13.8 Å². The van der Waals surface area contributed by atoms with E-state index in [0.29, 0.717) is 4.90 Å². The third kappa shape index (κ3) is 6.44. The predicted octanol–water partition coefficient (Wildman–Crippen LogP) is 4.85. The molecule has 0 bridgehead atoms. The van der Waals surface area contributed by atoms with Gasteiger partial charge in [-0.15, -0.1) is 11.8 Å². The second-order valence-corrected chi connectivity index (χ2v) is 6.22. The van der Waals surface area contributed by atoms with Crippen LogP contribution in [0.15, 0.2) is 29.2 Å². The molecule has 1 aromatic rings. The Morgan fingerprint density at radius 1 is 1.26 bits per heavy atom. The standard InChI is InChI=1S/C16H26FNS/c1-3-5-8-13(4-2)11-14(18)12-19-16-10-7-6-9-15(16)17/h6-7,9-10,13-14H,3-5,8,11-12,18H2,1-2H3. The Morgan fingerprint density at radius 3 is 2.63 bits per heavy atom. The molecule has 0 saturated heterocycles. The highest BCUT2D eigenvalue weighted by Crippen LogP contribution is 2.24. The molecule has 0 aromatic heterocycles. The van der Waals surface area contributed by atoms with Crippen molar-refractivity contribution in [2.24, 2.45) is 11.7 Å². The van der Waals surface area contributed by atoms with Crippen molar-refractivity contribution in [3.05, 3.63) is 30.1 Å². The normalized spacial score (nSPS) is 14.3. The molecular weight excluding hydrogens is 257 g/mol. The summed E-state index contributed by atoms with van der Waals surface area (Å²) in [7, 11) is 0. The smallest absolute Gasteiger partial charge is 0.136 e. The van der Waals surface area contributed by atoms with E-state index >= 15 is 0 Å². The highest BCUT2D eigenvalue weighted by Gasteiger charge is 2.12. The lowest BCUT2D eigenvalue weighted by Crippen LogP contribution is -2.26. The molecule has 0 amide bonds. The number of hydrogen-bond donors (Lipinski definition) is 1. The molecular formula is C16H26FNS. The van der Waals surface area contributed by atoms with Crippen molar-refractivity contribution in [1.29, 1.82) is 0 Å². The van der Waals surface area contributed by atoms with Crippen LogP contribution in [0.25, 0.3) is 0 Å². The molecule has 0 fully saturated rings. The molecule has 2 atom stereocenters. The summed E-state index contributed by atoms with van der Waals surface area (Å²) in [6.07, 6.45) is 6.04. The topological polar surface area (TPSA) is 26.0 Å². The summed E-state index contributed by atoms with van der Waals surface area (Å²) in [5.74, 6) is 1.37. The lowest BCUT2D eigenvalue weighted by Gasteiger charge is -2.19. The van der Waals surface area contributed by atoms with E-state index in [0.717, 1.165) is 18.1 Å². The van der Waals surface area contributed by atoms with Crippen LogP contribution in [0.3, 0.4) is 0 Å². The van der Waals surface area contributed by atoms with Crippen molar-refractivity contribution in [2.75, 3.05) is 5.75 Å². The predicted molar refractivity (Wildman–Crippen MR) is 83.0 cm³/mol. The van der Waals surface area contributed by atoms with E-state index < -0.39 is 0 Å². The minimum absolute atomic E-state index is 0.141. The van der Waals surface area contributed by atoms with Crippen LogP contribution in [-0.2, 0) is 0 Å². The molecule has 0 heterocycles. The van der Waals surface area contributed by atoms with Gasteiger partial charge in [0.05, 0.1) is 0 Å². The lowest BCUT2D eigenvalue weighted by molar-refractivity contribution is 0.396. The van der Waals surface area contributed by atoms with Gasteiger partial charge in [-0.2, -0.15) is 0 Å². The minimum Gasteiger partial charge on any atom is -0.327 e. The van der Waals surface area contributed by atoms with Gasteiger partial charge in [0.25, 0.3) is 0 Å². The van der Waals surface area contributed by atoms with E-state index in [1.165, 1.54) is 43.5 Å². The average Bonchev–Trinajstić information content (AvgIpc) is 2.42. The summed E-state index contributed by atoms with van der Waals surface area (Å²) in [6.45, 7) is 4.46. The van der Waals surface area contributed by atoms with Crippen LogP contribution in [0.4, 0.5) is 4.39 Å². The molecule has 0 saturated carbocycles. The van der Waals surface area contributed by atoms with Gasteiger partial charge in [-0.3, -0.25) is 0 Å². The van der Waals surface area contributed by atoms with Crippen molar-refractivity contribution in [3.8, 4) is 0 Å². The molecule has 0 aliphatic carbocycles. The number of halogens is 1. The molecule has 1 rings (SSSR count). The van der Waals surface area contributed by atoms with Gasteiger partial charge in [-0.25, -0.2) is 4.39 Å². The first kappa shape index (κ1) is 16.5. The zero-order valence-corrected chi connectivity index (χ0v) is 12.9. The number of unbranched alkanes of at least 4 members (excludes halogenated alkanes) is 1. The van der Waals surface area contributed by atoms with Gasteiger partial charge in [0, 0.05) is 16.7 Å². The van der Waals surface area contributed by atoms with Gasteiger partial charge >= 0.3 is 0 Å². The second-order valence-electron chi connectivity index (χ2n) is 5.15. The number of thioether (sulfide) groups is 1. The Labute approximate surface area is 121 Å². The molecule has 108 valence electrons. The number of rotatable bonds is 9. The molecule has 0 radical (unpaired) electrons. The fourth-order valence-electron chi connectivity index (χ4n) is 2.24. The maximum absolute atomic E-state index is 13.5. The third-order valence-corrected chi connectivity index (χ3v) is 4.71. The largest absolute Gasteiger partial charge is 0.327 e. The monoisotopic (exact) mass is 283 g/mol. The van der Waals surface area contributed by atoms with Crippen LogP contribution < -0.4 is 5.73 Å². The van der Waals surface area contributed by atoms with E-state index in [1.807, 2.05) is 12.1 Å². The number of hydrogen-bond acceptors (Lipinski definition) is 2. The summed E-state index contributed by atoms with van der Waals surface area (Å²) in [5, 5.41) is 0. The lowest BCUT2D eigenvalue weighted by atomic mass is 9.93. The summed E-state index contributed by atoms with van der Waals surface area (Å²) in [5.41, 5.74) is 6.18. The van der Waals surface area contributed by atoms with Crippen molar-refractivity contribution < 1.29 is 4.39 Å². The quantitative estimate of drug-likeness (QED) is 0.655. The maximum atomic E-state index is 13.5. The van der Waals surface area contributed by atoms with Crippen molar-refractivity contribution >= 4 is 11.8 Å². The molecule has 2 unspecified atom stereocenters. The highest BCUT2D eigenvalue weighted by molar-refractivity contribution is 7.99. The van der Waals surface area contributed by atoms with E-state index in [9.17, 15) is 4.39 Å². The molecule has 19 heavy (non-hydrogen) atoms. The Morgan fingerprint density at radius 2 is 2.00 bits per heavy atom. The summed E-state index contributed by atoms with van der Waals surface area (Å²) >= 11 is 1.53. The first-order chi connectivity index (χ1) is 9.17. The zero-order valence-electron chi connectivity index (χ0n) is 12.1. The Bertz CT molecular complexity index is 356. The van der Waals surface area contributed by atoms with Crippen molar-refractivity contribution in [2.45, 2.75) is 56.9 Å². The molecule has 0 spiro atoms.